The van der Waals surface area contributed by atoms with E-state index in [9.17, 15) is 14.4 Å². The van der Waals surface area contributed by atoms with Crippen molar-refractivity contribution in [3.8, 4) is 0 Å². The number of carbonyl (C=O) groups excluding carboxylic acids is 1. The molecule has 1 fully saturated rings. The number of aromatic nitrogens is 4. The minimum atomic E-state index is -0.440. The van der Waals surface area contributed by atoms with Gasteiger partial charge in [0.15, 0.2) is 0 Å². The number of urea groups is 1. The largest absolute Gasteiger partial charge is 0.378 e. The maximum absolute atomic E-state index is 12.6. The molecule has 1 saturated heterocycles. The zero-order valence-electron chi connectivity index (χ0n) is 20.6. The lowest BCUT2D eigenvalue weighted by molar-refractivity contribution is 0.122. The predicted molar refractivity (Wildman–Crippen MR) is 147 cm³/mol. The Morgan fingerprint density at radius 2 is 1.79 bits per heavy atom. The lowest BCUT2D eigenvalue weighted by Gasteiger charge is -2.27. The number of aromatic amines is 1. The minimum absolute atomic E-state index is 0.271. The van der Waals surface area contributed by atoms with Gasteiger partial charge in [-0.15, -0.1) is 0 Å². The number of anilines is 5. The van der Waals surface area contributed by atoms with Crippen molar-refractivity contribution in [2.75, 3.05) is 47.2 Å². The van der Waals surface area contributed by atoms with Crippen LogP contribution < -0.4 is 31.4 Å². The van der Waals surface area contributed by atoms with Crippen molar-refractivity contribution in [1.29, 1.82) is 0 Å². The first-order valence-corrected chi connectivity index (χ1v) is 12.7. The van der Waals surface area contributed by atoms with Crippen LogP contribution in [0.25, 0.3) is 0 Å². The number of carbonyl (C=O) groups is 1. The van der Waals surface area contributed by atoms with Crippen LogP contribution in [0.3, 0.4) is 0 Å². The Balaban J connectivity index is 1.21. The highest BCUT2D eigenvalue weighted by atomic mass is 32.1. The van der Waals surface area contributed by atoms with Crippen LogP contribution >= 0.6 is 11.5 Å². The average molecular weight is 535 g/mol. The second-order valence-corrected chi connectivity index (χ2v) is 9.61. The van der Waals surface area contributed by atoms with Gasteiger partial charge in [-0.05, 0) is 48.4 Å². The molecule has 4 N–H and O–H groups in total. The molecule has 38 heavy (non-hydrogen) atoms. The van der Waals surface area contributed by atoms with Crippen LogP contribution in [-0.4, -0.2) is 51.2 Å². The summed E-state index contributed by atoms with van der Waals surface area (Å²) >= 11 is 0.828. The fraction of sp³-hybridized carbons (Fsp3) is 0.240. The molecule has 0 spiro atoms. The molecule has 0 aliphatic carbocycles. The molecule has 2 amide bonds. The molecule has 2 aromatic heterocycles. The molecule has 0 radical (unpaired) electrons. The van der Waals surface area contributed by atoms with Crippen LogP contribution in [0.15, 0.2) is 64.3 Å². The number of amides is 2. The zero-order valence-corrected chi connectivity index (χ0v) is 21.4. The number of H-pyrrole nitrogens is 1. The van der Waals surface area contributed by atoms with Crippen molar-refractivity contribution in [1.82, 2.24) is 18.9 Å². The van der Waals surface area contributed by atoms with E-state index in [-0.39, 0.29) is 6.54 Å². The Bertz CT molecular complexity index is 1540. The summed E-state index contributed by atoms with van der Waals surface area (Å²) in [5.74, 6) is 1.30. The third-order valence-corrected chi connectivity index (χ3v) is 6.67. The van der Waals surface area contributed by atoms with Gasteiger partial charge in [0, 0.05) is 47.9 Å². The van der Waals surface area contributed by atoms with Crippen LogP contribution in [0, 0.1) is 6.92 Å². The van der Waals surface area contributed by atoms with Gasteiger partial charge in [-0.2, -0.15) is 4.98 Å². The van der Waals surface area contributed by atoms with Gasteiger partial charge in [-0.25, -0.2) is 18.5 Å². The number of hydrogen-bond donors (Lipinski definition) is 4. The Kier molecular flexibility index (Phi) is 7.47. The second kappa shape index (κ2) is 11.3. The topological polar surface area (TPSA) is 146 Å². The molecule has 4 aromatic rings. The normalized spacial score (nSPS) is 13.2. The van der Waals surface area contributed by atoms with Gasteiger partial charge < -0.3 is 25.6 Å². The van der Waals surface area contributed by atoms with Crippen LogP contribution in [0.5, 0.6) is 0 Å². The third kappa shape index (κ3) is 6.25. The summed E-state index contributed by atoms with van der Waals surface area (Å²) in [7, 11) is 0. The van der Waals surface area contributed by atoms with E-state index >= 15 is 0 Å². The maximum Gasteiger partial charge on any atom is 0.338 e. The second-order valence-electron chi connectivity index (χ2n) is 8.61. The summed E-state index contributed by atoms with van der Waals surface area (Å²) in [5.41, 5.74) is 3.30. The summed E-state index contributed by atoms with van der Waals surface area (Å²) in [5, 5.41) is 8.88. The molecule has 0 unspecified atom stereocenters. The molecule has 196 valence electrons. The standard InChI is InChI=1S/C25H26N8O4S/c1-16-2-5-19(14-20(16)29-22-26-9-8-21(30-22)32-10-12-37-13-11-32)28-23(34)27-18-6-3-17(4-7-18)15-33-24(35)31-25(36)38-33/h2-9,14H,10-13,15H2,1H3,(H,26,29,30)(H2,27,28,34)(H,31,35,36). The molecule has 3 heterocycles. The molecule has 2 aromatic carbocycles. The van der Waals surface area contributed by atoms with Gasteiger partial charge in [0.2, 0.25) is 5.95 Å². The Labute approximate surface area is 221 Å². The molecule has 1 aliphatic heterocycles. The SMILES string of the molecule is Cc1ccc(NC(=O)Nc2ccc(Cn3sc(=O)[nH]c3=O)cc2)cc1Nc1nccc(N2CCOCC2)n1. The van der Waals surface area contributed by atoms with E-state index in [1.54, 1.807) is 30.5 Å². The number of nitrogens with zero attached hydrogens (tertiary/aromatic N) is 4. The minimum Gasteiger partial charge on any atom is -0.378 e. The first-order chi connectivity index (χ1) is 18.4. The Hall–Kier alpha value is -4.49. The molecule has 0 saturated carbocycles. The van der Waals surface area contributed by atoms with Crippen molar-refractivity contribution >= 4 is 46.4 Å². The van der Waals surface area contributed by atoms with Gasteiger partial charge in [0.1, 0.15) is 5.82 Å². The molecule has 12 nitrogen and oxygen atoms in total. The number of nitrogens with one attached hydrogen (secondary N) is 4. The molecule has 0 bridgehead atoms. The van der Waals surface area contributed by atoms with Gasteiger partial charge in [0.25, 0.3) is 0 Å². The van der Waals surface area contributed by atoms with Crippen molar-refractivity contribution in [2.24, 2.45) is 0 Å². The third-order valence-electron chi connectivity index (χ3n) is 5.88. The Morgan fingerprint density at radius 1 is 1.05 bits per heavy atom. The average Bonchev–Trinajstić information content (AvgIpc) is 3.24. The summed E-state index contributed by atoms with van der Waals surface area (Å²) in [4.78, 5) is 48.6. The van der Waals surface area contributed by atoms with Crippen LogP contribution in [0.1, 0.15) is 11.1 Å². The van der Waals surface area contributed by atoms with Gasteiger partial charge in [-0.3, -0.25) is 9.78 Å². The van der Waals surface area contributed by atoms with E-state index in [0.29, 0.717) is 30.5 Å². The van der Waals surface area contributed by atoms with E-state index in [0.717, 1.165) is 47.3 Å². The van der Waals surface area contributed by atoms with E-state index in [2.05, 4.69) is 35.8 Å². The first-order valence-electron chi connectivity index (χ1n) is 11.9. The summed E-state index contributed by atoms with van der Waals surface area (Å²) < 4.78 is 6.75. The number of aryl methyl sites for hydroxylation is 1. The molecule has 1 aliphatic rings. The van der Waals surface area contributed by atoms with Gasteiger partial charge in [0.05, 0.1) is 19.8 Å². The molecular weight excluding hydrogens is 508 g/mol. The maximum atomic E-state index is 12.6. The number of morpholine rings is 1. The number of benzene rings is 2. The lowest BCUT2D eigenvalue weighted by Crippen LogP contribution is -2.36. The van der Waals surface area contributed by atoms with Crippen molar-refractivity contribution in [3.63, 3.8) is 0 Å². The molecule has 0 atom stereocenters. The molecule has 5 rings (SSSR count). The van der Waals surface area contributed by atoms with Crippen molar-refractivity contribution in [2.45, 2.75) is 13.5 Å². The van der Waals surface area contributed by atoms with E-state index in [1.165, 1.54) is 3.96 Å². The molecule has 13 heteroatoms. The van der Waals surface area contributed by atoms with Gasteiger partial charge >= 0.3 is 16.6 Å². The van der Waals surface area contributed by atoms with Gasteiger partial charge in [-0.1, -0.05) is 18.2 Å². The summed E-state index contributed by atoms with van der Waals surface area (Å²) in [6, 6.07) is 14.0. The highest BCUT2D eigenvalue weighted by Crippen LogP contribution is 2.24. The number of ether oxygens (including phenoxy) is 1. The zero-order chi connectivity index (χ0) is 26.5. The lowest BCUT2D eigenvalue weighted by atomic mass is 10.2. The van der Waals surface area contributed by atoms with E-state index in [4.69, 9.17) is 4.74 Å². The fourth-order valence-corrected chi connectivity index (χ4v) is 4.58. The molecular formula is C25H26N8O4S. The Morgan fingerprint density at radius 3 is 2.53 bits per heavy atom. The number of rotatable bonds is 7. The fourth-order valence-electron chi connectivity index (χ4n) is 3.90. The number of hydrogen-bond acceptors (Lipinski definition) is 9. The van der Waals surface area contributed by atoms with Crippen molar-refractivity contribution in [3.05, 3.63) is 86.0 Å². The quantitative estimate of drug-likeness (QED) is 0.283. The monoisotopic (exact) mass is 534 g/mol. The summed E-state index contributed by atoms with van der Waals surface area (Å²) in [6.07, 6.45) is 1.72. The first kappa shape index (κ1) is 25.2. The van der Waals surface area contributed by atoms with Crippen molar-refractivity contribution < 1.29 is 9.53 Å². The van der Waals surface area contributed by atoms with Crippen LogP contribution in [0.4, 0.5) is 33.6 Å². The van der Waals surface area contributed by atoms with E-state index in [1.807, 2.05) is 31.2 Å². The van der Waals surface area contributed by atoms with E-state index < -0.39 is 16.6 Å². The smallest absolute Gasteiger partial charge is 0.338 e. The highest BCUT2D eigenvalue weighted by molar-refractivity contribution is 7.03. The predicted octanol–water partition coefficient (Wildman–Crippen LogP) is 2.97. The van der Waals surface area contributed by atoms with Crippen LogP contribution in [-0.2, 0) is 11.3 Å². The van der Waals surface area contributed by atoms with Crippen LogP contribution in [0.2, 0.25) is 0 Å². The summed E-state index contributed by atoms with van der Waals surface area (Å²) in [6.45, 7) is 5.13. The highest BCUT2D eigenvalue weighted by Gasteiger charge is 2.14.